The maximum atomic E-state index is 12.9. The van der Waals surface area contributed by atoms with Crippen molar-refractivity contribution in [3.05, 3.63) is 53.0 Å². The number of benzene rings is 2. The fourth-order valence-electron chi connectivity index (χ4n) is 3.17. The van der Waals surface area contributed by atoms with Gasteiger partial charge in [-0.1, -0.05) is 29.4 Å². The third-order valence-electron chi connectivity index (χ3n) is 4.55. The van der Waals surface area contributed by atoms with E-state index < -0.39 is 15.7 Å². The molecule has 0 saturated heterocycles. The lowest BCUT2D eigenvalue weighted by atomic mass is 10.2. The fourth-order valence-corrected chi connectivity index (χ4v) is 4.96. The van der Waals surface area contributed by atoms with Gasteiger partial charge in [-0.3, -0.25) is 4.79 Å². The second-order valence-corrected chi connectivity index (χ2v) is 9.74. The van der Waals surface area contributed by atoms with Crippen molar-refractivity contribution >= 4 is 48.3 Å². The Balaban J connectivity index is 1.84. The van der Waals surface area contributed by atoms with Crippen LogP contribution < -0.4 is 9.54 Å². The zero-order chi connectivity index (χ0) is 22.2. The summed E-state index contributed by atoms with van der Waals surface area (Å²) < 4.78 is 37.4. The Hall–Kier alpha value is -3.35. The van der Waals surface area contributed by atoms with E-state index in [2.05, 4.69) is 10.9 Å². The van der Waals surface area contributed by atoms with Gasteiger partial charge in [-0.25, -0.2) is 8.42 Å². The van der Waals surface area contributed by atoms with Crippen molar-refractivity contribution < 1.29 is 22.4 Å². The van der Waals surface area contributed by atoms with Gasteiger partial charge in [0.2, 0.25) is 0 Å². The van der Waals surface area contributed by atoms with Crippen LogP contribution in [-0.2, 0) is 16.4 Å². The van der Waals surface area contributed by atoms with E-state index in [0.29, 0.717) is 33.0 Å². The summed E-state index contributed by atoms with van der Waals surface area (Å²) in [5.74, 6) is 2.60. The van der Waals surface area contributed by atoms with Crippen molar-refractivity contribution in [2.45, 2.75) is 18.4 Å². The molecular weight excluding hydrogens is 436 g/mol. The molecule has 4 aromatic rings. The maximum absolute atomic E-state index is 12.9. The maximum Gasteiger partial charge on any atom is 0.315 e. The van der Waals surface area contributed by atoms with E-state index in [4.69, 9.17) is 15.6 Å². The first-order valence-electron chi connectivity index (χ1n) is 9.33. The Morgan fingerprint density at radius 2 is 2.10 bits per heavy atom. The third-order valence-corrected chi connectivity index (χ3v) is 6.70. The number of carbonyl (C=O) groups excluding carboxylic acids is 1. The molecule has 0 aliphatic rings. The smallest absolute Gasteiger partial charge is 0.315 e. The van der Waals surface area contributed by atoms with Crippen LogP contribution in [0.2, 0.25) is 0 Å². The molecule has 7 nitrogen and oxygen atoms in total. The molecule has 0 spiro atoms. The average Bonchev–Trinajstić information content (AvgIpc) is 3.30. The van der Waals surface area contributed by atoms with Crippen LogP contribution in [0.25, 0.3) is 21.2 Å². The van der Waals surface area contributed by atoms with Gasteiger partial charge >= 0.3 is 5.91 Å². The normalized spacial score (nSPS) is 12.4. The van der Waals surface area contributed by atoms with E-state index in [1.165, 1.54) is 17.4 Å². The number of thiazole rings is 1. The van der Waals surface area contributed by atoms with Crippen LogP contribution in [0.1, 0.15) is 17.5 Å². The van der Waals surface area contributed by atoms with E-state index in [1.54, 1.807) is 28.8 Å². The molecule has 0 radical (unpaired) electrons. The highest BCUT2D eigenvalue weighted by atomic mass is 32.2. The summed E-state index contributed by atoms with van der Waals surface area (Å²) in [5.41, 5.74) is 1.18. The Morgan fingerprint density at radius 1 is 1.29 bits per heavy atom. The number of amides is 1. The Kier molecular flexibility index (Phi) is 5.43. The van der Waals surface area contributed by atoms with E-state index in [9.17, 15) is 13.2 Å². The molecule has 9 heteroatoms. The van der Waals surface area contributed by atoms with Crippen LogP contribution in [-0.4, -0.2) is 31.8 Å². The first-order valence-corrected chi connectivity index (χ1v) is 12.0. The van der Waals surface area contributed by atoms with Crippen molar-refractivity contribution in [3.8, 4) is 18.1 Å². The van der Waals surface area contributed by atoms with Gasteiger partial charge in [0.25, 0.3) is 0 Å². The molecule has 0 unspecified atom stereocenters. The molecule has 0 saturated carbocycles. The molecule has 0 bridgehead atoms. The second-order valence-electron chi connectivity index (χ2n) is 6.71. The number of para-hydroxylation sites is 1. The van der Waals surface area contributed by atoms with Gasteiger partial charge in [0.05, 0.1) is 28.3 Å². The quantitative estimate of drug-likeness (QED) is 0.430. The highest BCUT2D eigenvalue weighted by Gasteiger charge is 2.16. The van der Waals surface area contributed by atoms with Gasteiger partial charge in [-0.2, -0.15) is 4.99 Å². The molecule has 2 aromatic carbocycles. The molecule has 4 rings (SSSR count). The van der Waals surface area contributed by atoms with Crippen molar-refractivity contribution in [2.24, 2.45) is 4.99 Å². The molecule has 31 heavy (non-hydrogen) atoms. The van der Waals surface area contributed by atoms with Gasteiger partial charge < -0.3 is 13.7 Å². The van der Waals surface area contributed by atoms with Gasteiger partial charge in [-0.05, 0) is 37.3 Å². The Morgan fingerprint density at radius 3 is 2.81 bits per heavy atom. The number of carbonyl (C=O) groups is 1. The molecule has 1 amide bonds. The molecule has 2 aromatic heterocycles. The Labute approximate surface area is 182 Å². The lowest BCUT2D eigenvalue weighted by molar-refractivity contribution is 0.0973. The van der Waals surface area contributed by atoms with Crippen LogP contribution >= 0.6 is 11.3 Å². The van der Waals surface area contributed by atoms with E-state index in [-0.39, 0.29) is 17.2 Å². The number of ether oxygens (including phenoxy) is 1. The standard InChI is InChI=1S/C22H18N2O5S2/c1-4-11-24-16-10-9-15(31(3,26)27)13-19(16)30-22(24)23-21(25)18-12-14-7-6-8-17(28-5-2)20(14)29-18/h1,6-10,12-13H,5,11H2,2-3H3. The fraction of sp³-hybridized carbons (Fsp3) is 0.182. The molecule has 0 N–H and O–H groups in total. The SMILES string of the molecule is C#CCn1c(=NC(=O)c2cc3cccc(OCC)c3o2)sc2cc(S(C)(=O)=O)ccc21. The summed E-state index contributed by atoms with van der Waals surface area (Å²) in [7, 11) is -3.37. The predicted molar refractivity (Wildman–Crippen MR) is 119 cm³/mol. The lowest BCUT2D eigenvalue weighted by Gasteiger charge is -2.02. The van der Waals surface area contributed by atoms with Crippen molar-refractivity contribution in [1.82, 2.24) is 4.57 Å². The molecule has 0 aliphatic carbocycles. The number of nitrogens with zero attached hydrogens (tertiary/aromatic N) is 2. The first-order chi connectivity index (χ1) is 14.8. The van der Waals surface area contributed by atoms with Crippen LogP contribution in [0.15, 0.2) is 56.8 Å². The summed E-state index contributed by atoms with van der Waals surface area (Å²) in [6.45, 7) is 2.51. The number of rotatable bonds is 5. The van der Waals surface area contributed by atoms with Crippen LogP contribution in [0, 0.1) is 12.3 Å². The number of hydrogen-bond acceptors (Lipinski definition) is 6. The summed E-state index contributed by atoms with van der Waals surface area (Å²) in [5, 5.41) is 0.732. The molecule has 158 valence electrons. The summed E-state index contributed by atoms with van der Waals surface area (Å²) in [4.78, 5) is 17.6. The van der Waals surface area contributed by atoms with Crippen LogP contribution in [0.3, 0.4) is 0 Å². The van der Waals surface area contributed by atoms with E-state index in [1.807, 2.05) is 19.1 Å². The molecule has 2 heterocycles. The molecule has 0 fully saturated rings. The molecular formula is C22H18N2O5S2. The van der Waals surface area contributed by atoms with Crippen LogP contribution in [0.4, 0.5) is 0 Å². The van der Waals surface area contributed by atoms with Crippen molar-refractivity contribution in [1.29, 1.82) is 0 Å². The topological polar surface area (TPSA) is 90.9 Å². The zero-order valence-corrected chi connectivity index (χ0v) is 18.4. The number of sulfone groups is 1. The minimum atomic E-state index is -3.37. The highest BCUT2D eigenvalue weighted by Crippen LogP contribution is 2.29. The molecule has 0 atom stereocenters. The van der Waals surface area contributed by atoms with E-state index >= 15 is 0 Å². The zero-order valence-electron chi connectivity index (χ0n) is 16.8. The highest BCUT2D eigenvalue weighted by molar-refractivity contribution is 7.90. The number of fused-ring (bicyclic) bond motifs is 2. The van der Waals surface area contributed by atoms with Crippen LogP contribution in [0.5, 0.6) is 5.75 Å². The number of aromatic nitrogens is 1. The summed E-state index contributed by atoms with van der Waals surface area (Å²) in [6, 6.07) is 11.8. The van der Waals surface area contributed by atoms with Crippen molar-refractivity contribution in [3.63, 3.8) is 0 Å². The predicted octanol–water partition coefficient (Wildman–Crippen LogP) is 3.63. The molecule has 0 aliphatic heterocycles. The minimum absolute atomic E-state index is 0.0729. The van der Waals surface area contributed by atoms with E-state index in [0.717, 1.165) is 11.6 Å². The lowest BCUT2D eigenvalue weighted by Crippen LogP contribution is -2.16. The Bertz CT molecular complexity index is 1530. The van der Waals surface area contributed by atoms with Gasteiger partial charge in [0, 0.05) is 11.6 Å². The number of hydrogen-bond donors (Lipinski definition) is 0. The minimum Gasteiger partial charge on any atom is -0.490 e. The number of terminal acetylenes is 1. The number of furan rings is 1. The third kappa shape index (κ3) is 4.00. The average molecular weight is 455 g/mol. The van der Waals surface area contributed by atoms with Gasteiger partial charge in [0.1, 0.15) is 0 Å². The summed E-state index contributed by atoms with van der Waals surface area (Å²) >= 11 is 1.18. The summed E-state index contributed by atoms with van der Waals surface area (Å²) in [6.07, 6.45) is 6.64. The van der Waals surface area contributed by atoms with Gasteiger partial charge in [-0.15, -0.1) is 6.42 Å². The first kappa shape index (κ1) is 20.9. The second kappa shape index (κ2) is 8.06. The van der Waals surface area contributed by atoms with Gasteiger partial charge in [0.15, 0.2) is 31.7 Å². The van der Waals surface area contributed by atoms with Crippen molar-refractivity contribution in [2.75, 3.05) is 12.9 Å². The largest absolute Gasteiger partial charge is 0.490 e. The monoisotopic (exact) mass is 454 g/mol.